The number of hydrogen-bond acceptors (Lipinski definition) is 4. The summed E-state index contributed by atoms with van der Waals surface area (Å²) in [6.07, 6.45) is 0. The van der Waals surface area contributed by atoms with E-state index in [4.69, 9.17) is 0 Å². The van der Waals surface area contributed by atoms with Gasteiger partial charge in [0.25, 0.3) is 0 Å². The van der Waals surface area contributed by atoms with Crippen molar-refractivity contribution in [3.05, 3.63) is 16.9 Å². The number of aryl methyl sites for hydroxylation is 2. The number of hydrogen-bond donors (Lipinski definition) is 0. The smallest absolute Gasteiger partial charge is 0.176 e. The van der Waals surface area contributed by atoms with Crippen molar-refractivity contribution in [3.8, 4) is 0 Å². The fourth-order valence-electron chi connectivity index (χ4n) is 1.04. The normalized spacial score (nSPS) is 10.7. The minimum atomic E-state index is 0.793. The van der Waals surface area contributed by atoms with Gasteiger partial charge in [0.1, 0.15) is 5.82 Å². The van der Waals surface area contributed by atoms with Crippen molar-refractivity contribution in [2.75, 3.05) is 0 Å². The zero-order valence-corrected chi connectivity index (χ0v) is 7.14. The Morgan fingerprint density at radius 2 is 2.09 bits per heavy atom. The molecule has 0 radical (unpaired) electrons. The van der Waals surface area contributed by atoms with Crippen LogP contribution in [0, 0.1) is 13.8 Å². The third-order valence-electron chi connectivity index (χ3n) is 1.54. The summed E-state index contributed by atoms with van der Waals surface area (Å²) in [4.78, 5) is 8.41. The molecule has 0 bridgehead atoms. The molecule has 0 aliphatic carbocycles. The van der Waals surface area contributed by atoms with Gasteiger partial charge in [0.15, 0.2) is 5.65 Å². The molecule has 11 heavy (non-hydrogen) atoms. The monoisotopic (exact) mass is 165 g/mol. The standard InChI is InChI=1S/C7H7N3S/c1-4-6-3-11-10-7(6)9-5(2)8-4/h3H,1-2H3. The second-order valence-corrected chi connectivity index (χ2v) is 3.04. The highest BCUT2D eigenvalue weighted by molar-refractivity contribution is 7.04. The maximum Gasteiger partial charge on any atom is 0.176 e. The molecule has 0 spiro atoms. The topological polar surface area (TPSA) is 38.7 Å². The van der Waals surface area contributed by atoms with Crippen LogP contribution < -0.4 is 0 Å². The minimum Gasteiger partial charge on any atom is -0.238 e. The Labute approximate surface area is 68.3 Å². The number of aromatic nitrogens is 3. The molecule has 0 fully saturated rings. The first-order valence-electron chi connectivity index (χ1n) is 3.32. The van der Waals surface area contributed by atoms with Crippen molar-refractivity contribution >= 4 is 22.6 Å². The first-order valence-corrected chi connectivity index (χ1v) is 4.16. The lowest BCUT2D eigenvalue weighted by atomic mass is 10.3. The Morgan fingerprint density at radius 3 is 2.91 bits per heavy atom. The van der Waals surface area contributed by atoms with Crippen LogP contribution in [-0.4, -0.2) is 14.3 Å². The van der Waals surface area contributed by atoms with Crippen LogP contribution in [0.15, 0.2) is 5.38 Å². The second-order valence-electron chi connectivity index (χ2n) is 2.41. The van der Waals surface area contributed by atoms with Gasteiger partial charge in [0.05, 0.1) is 11.1 Å². The van der Waals surface area contributed by atoms with Gasteiger partial charge >= 0.3 is 0 Å². The van der Waals surface area contributed by atoms with Gasteiger partial charge in [-0.1, -0.05) is 0 Å². The third-order valence-corrected chi connectivity index (χ3v) is 2.16. The Morgan fingerprint density at radius 1 is 1.27 bits per heavy atom. The molecule has 4 heteroatoms. The fourth-order valence-corrected chi connectivity index (χ4v) is 1.71. The van der Waals surface area contributed by atoms with E-state index >= 15 is 0 Å². The van der Waals surface area contributed by atoms with E-state index in [1.807, 2.05) is 19.2 Å². The zero-order chi connectivity index (χ0) is 7.84. The summed E-state index contributed by atoms with van der Waals surface area (Å²) in [6.45, 7) is 3.86. The number of rotatable bonds is 0. The second kappa shape index (κ2) is 2.23. The molecule has 2 heterocycles. The lowest BCUT2D eigenvalue weighted by Gasteiger charge is -1.94. The van der Waals surface area contributed by atoms with Crippen molar-refractivity contribution in [3.63, 3.8) is 0 Å². The van der Waals surface area contributed by atoms with Crippen molar-refractivity contribution in [2.45, 2.75) is 13.8 Å². The highest BCUT2D eigenvalue weighted by Crippen LogP contribution is 2.15. The summed E-state index contributed by atoms with van der Waals surface area (Å²) in [7, 11) is 0. The maximum absolute atomic E-state index is 4.23. The SMILES string of the molecule is Cc1nc(C)c2csnc2n1. The summed E-state index contributed by atoms with van der Waals surface area (Å²) in [5.41, 5.74) is 1.83. The lowest BCUT2D eigenvalue weighted by Crippen LogP contribution is -1.90. The zero-order valence-electron chi connectivity index (χ0n) is 6.33. The van der Waals surface area contributed by atoms with Crippen LogP contribution in [0.2, 0.25) is 0 Å². The van der Waals surface area contributed by atoms with Crippen LogP contribution in [-0.2, 0) is 0 Å². The molecule has 0 amide bonds. The Bertz CT molecular complexity index is 393. The summed E-state index contributed by atoms with van der Waals surface area (Å²) in [6, 6.07) is 0. The van der Waals surface area contributed by atoms with Gasteiger partial charge < -0.3 is 0 Å². The lowest BCUT2D eigenvalue weighted by molar-refractivity contribution is 1.04. The molecule has 0 unspecified atom stereocenters. The predicted octanol–water partition coefficient (Wildman–Crippen LogP) is 1.70. The minimum absolute atomic E-state index is 0.793. The van der Waals surface area contributed by atoms with Crippen LogP contribution in [0.3, 0.4) is 0 Å². The van der Waals surface area contributed by atoms with E-state index in [-0.39, 0.29) is 0 Å². The number of nitrogens with zero attached hydrogens (tertiary/aromatic N) is 3. The van der Waals surface area contributed by atoms with Gasteiger partial charge in [-0.05, 0) is 25.4 Å². The summed E-state index contributed by atoms with van der Waals surface area (Å²) < 4.78 is 4.13. The van der Waals surface area contributed by atoms with Crippen LogP contribution in [0.4, 0.5) is 0 Å². The summed E-state index contributed by atoms with van der Waals surface area (Å²) >= 11 is 1.42. The third kappa shape index (κ3) is 0.991. The predicted molar refractivity (Wildman–Crippen MR) is 44.7 cm³/mol. The van der Waals surface area contributed by atoms with Crippen LogP contribution in [0.5, 0.6) is 0 Å². The molecule has 0 N–H and O–H groups in total. The van der Waals surface area contributed by atoms with Crippen LogP contribution in [0.1, 0.15) is 11.5 Å². The van der Waals surface area contributed by atoms with E-state index in [9.17, 15) is 0 Å². The molecular formula is C7H7N3S. The van der Waals surface area contributed by atoms with Crippen molar-refractivity contribution in [2.24, 2.45) is 0 Å². The summed E-state index contributed by atoms with van der Waals surface area (Å²) in [5.74, 6) is 0.793. The molecule has 2 rings (SSSR count). The van der Waals surface area contributed by atoms with Crippen molar-refractivity contribution in [1.82, 2.24) is 14.3 Å². The van der Waals surface area contributed by atoms with Gasteiger partial charge in [0.2, 0.25) is 0 Å². The molecule has 0 saturated heterocycles. The molecule has 0 aliphatic rings. The molecule has 2 aromatic heterocycles. The highest BCUT2D eigenvalue weighted by atomic mass is 32.1. The first kappa shape index (κ1) is 6.67. The maximum atomic E-state index is 4.23. The van der Waals surface area contributed by atoms with Crippen molar-refractivity contribution < 1.29 is 0 Å². The summed E-state index contributed by atoms with van der Waals surface area (Å²) in [5, 5.41) is 3.05. The van der Waals surface area contributed by atoms with Gasteiger partial charge in [-0.3, -0.25) is 0 Å². The average molecular weight is 165 g/mol. The average Bonchev–Trinajstić information content (AvgIpc) is 2.34. The van der Waals surface area contributed by atoms with Gasteiger partial charge in [-0.25, -0.2) is 9.97 Å². The van der Waals surface area contributed by atoms with E-state index < -0.39 is 0 Å². The Hall–Kier alpha value is -1.03. The molecule has 0 aromatic carbocycles. The fraction of sp³-hybridized carbons (Fsp3) is 0.286. The molecular weight excluding hydrogens is 158 g/mol. The molecule has 2 aromatic rings. The molecule has 0 saturated carbocycles. The Balaban J connectivity index is 2.91. The molecule has 3 nitrogen and oxygen atoms in total. The highest BCUT2D eigenvalue weighted by Gasteiger charge is 2.02. The first-order chi connectivity index (χ1) is 5.27. The van der Waals surface area contributed by atoms with Gasteiger partial charge in [-0.15, -0.1) is 0 Å². The van der Waals surface area contributed by atoms with E-state index in [2.05, 4.69) is 14.3 Å². The molecule has 0 atom stereocenters. The number of fused-ring (bicyclic) bond motifs is 1. The van der Waals surface area contributed by atoms with Crippen LogP contribution in [0.25, 0.3) is 11.0 Å². The van der Waals surface area contributed by atoms with Gasteiger partial charge in [0, 0.05) is 5.38 Å². The van der Waals surface area contributed by atoms with E-state index in [1.54, 1.807) is 0 Å². The van der Waals surface area contributed by atoms with E-state index in [0.717, 1.165) is 22.6 Å². The Kier molecular flexibility index (Phi) is 1.35. The largest absolute Gasteiger partial charge is 0.238 e. The van der Waals surface area contributed by atoms with E-state index in [0.29, 0.717) is 0 Å². The van der Waals surface area contributed by atoms with Crippen LogP contribution >= 0.6 is 11.5 Å². The van der Waals surface area contributed by atoms with Gasteiger partial charge in [-0.2, -0.15) is 4.37 Å². The molecule has 0 aliphatic heterocycles. The quantitative estimate of drug-likeness (QED) is 0.596. The van der Waals surface area contributed by atoms with E-state index in [1.165, 1.54) is 11.5 Å². The van der Waals surface area contributed by atoms with Crippen molar-refractivity contribution in [1.29, 1.82) is 0 Å². The molecule has 56 valence electrons.